The highest BCUT2D eigenvalue weighted by Gasteiger charge is 2.27. The molecule has 0 radical (unpaired) electrons. The zero-order valence-electron chi connectivity index (χ0n) is 13.4. The van der Waals surface area contributed by atoms with Crippen molar-refractivity contribution >= 4 is 24.4 Å². The van der Waals surface area contributed by atoms with Gasteiger partial charge in [-0.15, -0.1) is 0 Å². The van der Waals surface area contributed by atoms with Gasteiger partial charge in [0.1, 0.15) is 0 Å². The fourth-order valence-corrected chi connectivity index (χ4v) is 2.78. The van der Waals surface area contributed by atoms with Crippen LogP contribution in [-0.4, -0.2) is 29.9 Å². The minimum absolute atomic E-state index is 0.0157. The number of nitrogens with one attached hydrogen (secondary N) is 1. The Labute approximate surface area is 128 Å². The maximum absolute atomic E-state index is 12.5. The summed E-state index contributed by atoms with van der Waals surface area (Å²) in [5.41, 5.74) is 4.33. The molecule has 0 saturated heterocycles. The van der Waals surface area contributed by atoms with E-state index in [1.165, 1.54) is 5.56 Å². The zero-order chi connectivity index (χ0) is 15.5. The Balaban J connectivity index is 3.00. The number of likely N-dealkylation sites (N-methyl/N-ethyl adjacent to an activating group) is 1. The molecule has 0 saturated carbocycles. The quantitative estimate of drug-likeness (QED) is 0.667. The topological polar surface area (TPSA) is 29.1 Å². The molecule has 1 amide bonds. The van der Waals surface area contributed by atoms with Crippen LogP contribution >= 0.6 is 0 Å². The SMILES string of the molecule is CCCC(C(=O)Nc1c(C)cc(C)cc1C)[N+](C)(C)[S-]. The summed E-state index contributed by atoms with van der Waals surface area (Å²) in [4.78, 5) is 12.5. The number of carbonyl (C=O) groups is 1. The lowest BCUT2D eigenvalue weighted by atomic mass is 10.0. The smallest absolute Gasteiger partial charge is 0.281 e. The number of quaternary nitrogens is 1. The van der Waals surface area contributed by atoms with E-state index in [0.717, 1.165) is 29.7 Å². The molecule has 1 aromatic carbocycles. The van der Waals surface area contributed by atoms with Crippen molar-refractivity contribution in [2.45, 2.75) is 46.6 Å². The summed E-state index contributed by atoms with van der Waals surface area (Å²) in [6.07, 6.45) is 1.74. The molecule has 0 aliphatic rings. The molecule has 20 heavy (non-hydrogen) atoms. The summed E-state index contributed by atoms with van der Waals surface area (Å²) in [5.74, 6) is 0.0157. The predicted octanol–water partition coefficient (Wildman–Crippen LogP) is 3.26. The predicted molar refractivity (Wildman–Crippen MR) is 87.5 cm³/mol. The fourth-order valence-electron chi connectivity index (χ4n) is 2.58. The highest BCUT2D eigenvalue weighted by Crippen LogP contribution is 2.23. The van der Waals surface area contributed by atoms with Crippen LogP contribution in [0.3, 0.4) is 0 Å². The van der Waals surface area contributed by atoms with Crippen LogP contribution in [0.1, 0.15) is 36.5 Å². The summed E-state index contributed by atoms with van der Waals surface area (Å²) in [6.45, 7) is 8.19. The van der Waals surface area contributed by atoms with Gasteiger partial charge >= 0.3 is 0 Å². The van der Waals surface area contributed by atoms with Gasteiger partial charge in [0.05, 0.1) is 14.1 Å². The van der Waals surface area contributed by atoms with Gasteiger partial charge in [0.15, 0.2) is 6.04 Å². The van der Waals surface area contributed by atoms with Crippen LogP contribution in [-0.2, 0) is 17.6 Å². The maximum Gasteiger partial charge on any atom is 0.281 e. The van der Waals surface area contributed by atoms with Gasteiger partial charge in [-0.2, -0.15) is 0 Å². The number of amides is 1. The van der Waals surface area contributed by atoms with E-state index in [1.807, 2.05) is 27.9 Å². The van der Waals surface area contributed by atoms with Gasteiger partial charge in [0.2, 0.25) is 0 Å². The first kappa shape index (κ1) is 17.1. The van der Waals surface area contributed by atoms with E-state index in [1.54, 1.807) is 0 Å². The molecule has 0 spiro atoms. The van der Waals surface area contributed by atoms with Gasteiger partial charge in [0, 0.05) is 12.1 Å². The highest BCUT2D eigenvalue weighted by atomic mass is 32.1. The largest absolute Gasteiger partial charge is 0.494 e. The molecule has 1 N–H and O–H groups in total. The normalized spacial score (nSPS) is 13.2. The van der Waals surface area contributed by atoms with Crippen molar-refractivity contribution in [3.63, 3.8) is 0 Å². The summed E-state index contributed by atoms with van der Waals surface area (Å²) in [6, 6.07) is 3.98. The van der Waals surface area contributed by atoms with E-state index in [0.29, 0.717) is 0 Å². The fraction of sp³-hybridized carbons (Fsp3) is 0.562. The summed E-state index contributed by atoms with van der Waals surface area (Å²) < 4.78 is 0.240. The number of benzene rings is 1. The summed E-state index contributed by atoms with van der Waals surface area (Å²) in [7, 11) is 3.79. The minimum atomic E-state index is -0.199. The molecule has 0 aliphatic heterocycles. The monoisotopic (exact) mass is 294 g/mol. The lowest BCUT2D eigenvalue weighted by Crippen LogP contribution is -2.50. The number of aryl methyl sites for hydroxylation is 3. The third-order valence-corrected chi connectivity index (χ3v) is 3.80. The Kier molecular flexibility index (Phi) is 5.66. The van der Waals surface area contributed by atoms with E-state index < -0.39 is 0 Å². The van der Waals surface area contributed by atoms with Crippen molar-refractivity contribution in [3.8, 4) is 0 Å². The second kappa shape index (κ2) is 6.64. The number of nitrogens with zero attached hydrogens (tertiary/aromatic N) is 1. The molecule has 112 valence electrons. The molecule has 1 aromatic rings. The lowest BCUT2D eigenvalue weighted by Gasteiger charge is -2.42. The second-order valence-corrected chi connectivity index (χ2v) is 6.94. The van der Waals surface area contributed by atoms with Gasteiger partial charge in [-0.1, -0.05) is 31.0 Å². The van der Waals surface area contributed by atoms with Crippen molar-refractivity contribution in [1.82, 2.24) is 0 Å². The van der Waals surface area contributed by atoms with Gasteiger partial charge in [-0.3, -0.25) is 4.79 Å². The van der Waals surface area contributed by atoms with Crippen LogP contribution in [0, 0.1) is 20.8 Å². The molecule has 0 aliphatic carbocycles. The molecular weight excluding hydrogens is 268 g/mol. The lowest BCUT2D eigenvalue weighted by molar-refractivity contribution is -0.768. The molecule has 0 bridgehead atoms. The first-order valence-corrected chi connectivity index (χ1v) is 7.46. The van der Waals surface area contributed by atoms with Crippen molar-refractivity contribution in [1.29, 1.82) is 0 Å². The molecule has 3 nitrogen and oxygen atoms in total. The summed E-state index contributed by atoms with van der Waals surface area (Å²) >= 11 is 5.43. The Morgan fingerprint density at radius 3 is 2.15 bits per heavy atom. The number of carbonyl (C=O) groups excluding carboxylic acids is 1. The van der Waals surface area contributed by atoms with Crippen molar-refractivity contribution in [2.75, 3.05) is 19.4 Å². The average Bonchev–Trinajstić information content (AvgIpc) is 2.28. The Morgan fingerprint density at radius 1 is 1.25 bits per heavy atom. The molecule has 0 fully saturated rings. The first-order valence-electron chi connectivity index (χ1n) is 7.10. The molecule has 1 rings (SSSR count). The molecule has 1 atom stereocenters. The van der Waals surface area contributed by atoms with E-state index in [4.69, 9.17) is 12.8 Å². The highest BCUT2D eigenvalue weighted by molar-refractivity contribution is 7.52. The minimum Gasteiger partial charge on any atom is -0.494 e. The van der Waals surface area contributed by atoms with Crippen molar-refractivity contribution in [2.24, 2.45) is 0 Å². The Bertz CT molecular complexity index is 469. The molecule has 4 heteroatoms. The maximum atomic E-state index is 12.5. The average molecular weight is 294 g/mol. The number of anilines is 1. The van der Waals surface area contributed by atoms with Gasteiger partial charge in [-0.25, -0.2) is 0 Å². The Morgan fingerprint density at radius 2 is 1.75 bits per heavy atom. The van der Waals surface area contributed by atoms with E-state index in [-0.39, 0.29) is 15.8 Å². The van der Waals surface area contributed by atoms with E-state index in [2.05, 4.69) is 31.3 Å². The number of rotatable bonds is 5. The molecule has 1 unspecified atom stereocenters. The van der Waals surface area contributed by atoms with Crippen LogP contribution in [0.15, 0.2) is 12.1 Å². The Hall–Kier alpha value is -1.00. The molecule has 0 heterocycles. The zero-order valence-corrected chi connectivity index (χ0v) is 14.2. The van der Waals surface area contributed by atoms with E-state index in [9.17, 15) is 4.79 Å². The van der Waals surface area contributed by atoms with E-state index >= 15 is 0 Å². The number of hydrogen-bond acceptors (Lipinski definition) is 2. The van der Waals surface area contributed by atoms with Crippen LogP contribution in [0.5, 0.6) is 0 Å². The van der Waals surface area contributed by atoms with Gasteiger partial charge in [0.25, 0.3) is 5.91 Å². The van der Waals surface area contributed by atoms with Crippen LogP contribution < -0.4 is 5.32 Å². The second-order valence-electron chi connectivity index (χ2n) is 6.00. The van der Waals surface area contributed by atoms with Crippen LogP contribution in [0.2, 0.25) is 0 Å². The van der Waals surface area contributed by atoms with Crippen molar-refractivity contribution < 1.29 is 8.68 Å². The third kappa shape index (κ3) is 4.25. The number of hydrogen-bond donors (Lipinski definition) is 1. The molecule has 0 aromatic heterocycles. The van der Waals surface area contributed by atoms with Crippen LogP contribution in [0.25, 0.3) is 0 Å². The standard InChI is InChI=1S/C16H26N2OS/c1-7-8-14(18(5,6)20)16(19)17-15-12(3)9-11(2)10-13(15)4/h9-10,14H,7-8H2,1-6H3,(H,17,19). The van der Waals surface area contributed by atoms with Gasteiger partial charge in [-0.05, 0) is 31.9 Å². The third-order valence-electron chi connectivity index (χ3n) is 3.54. The molecular formula is C16H26N2OS. The first-order chi connectivity index (χ1) is 9.16. The van der Waals surface area contributed by atoms with Crippen molar-refractivity contribution in [3.05, 3.63) is 28.8 Å². The van der Waals surface area contributed by atoms with Gasteiger partial charge < -0.3 is 22.0 Å². The summed E-state index contributed by atoms with van der Waals surface area (Å²) in [5, 5.41) is 3.08. The van der Waals surface area contributed by atoms with Crippen LogP contribution in [0.4, 0.5) is 5.69 Å².